The summed E-state index contributed by atoms with van der Waals surface area (Å²) < 4.78 is 0. The first-order valence-electron chi connectivity index (χ1n) is 6.45. The van der Waals surface area contributed by atoms with E-state index in [2.05, 4.69) is 26.1 Å². The monoisotopic (exact) mass is 213 g/mol. The molecule has 1 fully saturated rings. The van der Waals surface area contributed by atoms with Gasteiger partial charge in [0.25, 0.3) is 0 Å². The Morgan fingerprint density at radius 2 is 1.93 bits per heavy atom. The van der Waals surface area contributed by atoms with E-state index in [9.17, 15) is 0 Å². The van der Waals surface area contributed by atoms with Crippen molar-refractivity contribution in [3.8, 4) is 0 Å². The number of hydrogen-bond acceptors (Lipinski definition) is 2. The maximum atomic E-state index is 8.80. The molecule has 2 heteroatoms. The van der Waals surface area contributed by atoms with Gasteiger partial charge in [0.2, 0.25) is 0 Å². The maximum Gasteiger partial charge on any atom is 0.0431 e. The summed E-state index contributed by atoms with van der Waals surface area (Å²) in [5, 5.41) is 12.5. The van der Waals surface area contributed by atoms with E-state index in [-0.39, 0.29) is 5.54 Å². The highest BCUT2D eigenvalue weighted by molar-refractivity contribution is 4.90. The summed E-state index contributed by atoms with van der Waals surface area (Å²) in [6, 6.07) is 0.521. The Balaban J connectivity index is 2.33. The van der Waals surface area contributed by atoms with Gasteiger partial charge in [0.05, 0.1) is 0 Å². The highest BCUT2D eigenvalue weighted by Gasteiger charge is 2.32. The summed E-state index contributed by atoms with van der Waals surface area (Å²) in [4.78, 5) is 0. The van der Waals surface area contributed by atoms with Crippen LogP contribution < -0.4 is 5.32 Å². The molecule has 0 bridgehead atoms. The molecule has 0 spiro atoms. The van der Waals surface area contributed by atoms with Crippen LogP contribution in [-0.4, -0.2) is 23.3 Å². The number of rotatable bonds is 6. The Bertz CT molecular complexity index is 173. The van der Waals surface area contributed by atoms with Gasteiger partial charge in [-0.15, -0.1) is 0 Å². The van der Waals surface area contributed by atoms with E-state index in [0.717, 1.165) is 18.8 Å². The minimum absolute atomic E-state index is 0.269. The Hall–Kier alpha value is -0.0800. The molecule has 1 rings (SSSR count). The van der Waals surface area contributed by atoms with Gasteiger partial charge in [-0.25, -0.2) is 0 Å². The van der Waals surface area contributed by atoms with E-state index >= 15 is 0 Å². The zero-order chi connectivity index (χ0) is 11.3. The summed E-state index contributed by atoms with van der Waals surface area (Å²) in [5.74, 6) is 0.842. The van der Waals surface area contributed by atoms with Gasteiger partial charge in [-0.3, -0.25) is 0 Å². The lowest BCUT2D eigenvalue weighted by atomic mass is 9.85. The first-order chi connectivity index (χ1) is 7.06. The molecule has 0 aromatic heterocycles. The summed E-state index contributed by atoms with van der Waals surface area (Å²) in [6.07, 6.45) is 7.56. The van der Waals surface area contributed by atoms with Gasteiger partial charge in [-0.05, 0) is 52.4 Å². The predicted molar refractivity (Wildman–Crippen MR) is 65.0 cm³/mol. The molecule has 1 atom stereocenters. The molecule has 90 valence electrons. The molecule has 15 heavy (non-hydrogen) atoms. The fraction of sp³-hybridized carbons (Fsp3) is 1.00. The van der Waals surface area contributed by atoms with Crippen LogP contribution in [0.5, 0.6) is 0 Å². The van der Waals surface area contributed by atoms with Crippen LogP contribution in [0.1, 0.15) is 59.3 Å². The highest BCUT2D eigenvalue weighted by Crippen LogP contribution is 2.34. The van der Waals surface area contributed by atoms with Crippen molar-refractivity contribution in [2.75, 3.05) is 6.61 Å². The molecule has 2 N–H and O–H groups in total. The van der Waals surface area contributed by atoms with E-state index < -0.39 is 0 Å². The standard InChI is InChI=1S/C13H27NO/c1-11(7-6-10-15)14-13(2,3)12-8-4-5-9-12/h11-12,14-15H,4-10H2,1-3H3. The zero-order valence-corrected chi connectivity index (χ0v) is 10.6. The van der Waals surface area contributed by atoms with Crippen molar-refractivity contribution in [2.45, 2.75) is 70.9 Å². The van der Waals surface area contributed by atoms with Crippen molar-refractivity contribution in [2.24, 2.45) is 5.92 Å². The summed E-state index contributed by atoms with van der Waals surface area (Å²) >= 11 is 0. The van der Waals surface area contributed by atoms with Crippen LogP contribution in [0, 0.1) is 5.92 Å². The smallest absolute Gasteiger partial charge is 0.0431 e. The Morgan fingerprint density at radius 3 is 2.47 bits per heavy atom. The molecular formula is C13H27NO. The lowest BCUT2D eigenvalue weighted by Crippen LogP contribution is -2.49. The second-order valence-electron chi connectivity index (χ2n) is 5.61. The van der Waals surface area contributed by atoms with Crippen LogP contribution in [0.25, 0.3) is 0 Å². The normalized spacial score (nSPS) is 20.8. The largest absolute Gasteiger partial charge is 0.396 e. The SMILES string of the molecule is CC(CCCO)NC(C)(C)C1CCCC1. The molecule has 0 aromatic carbocycles. The molecule has 1 unspecified atom stereocenters. The van der Waals surface area contributed by atoms with Crippen LogP contribution in [0.4, 0.5) is 0 Å². The third kappa shape index (κ3) is 4.12. The van der Waals surface area contributed by atoms with Crippen LogP contribution in [-0.2, 0) is 0 Å². The van der Waals surface area contributed by atoms with Crippen molar-refractivity contribution in [1.29, 1.82) is 0 Å². The van der Waals surface area contributed by atoms with Crippen LogP contribution in [0.2, 0.25) is 0 Å². The second-order valence-corrected chi connectivity index (χ2v) is 5.61. The fourth-order valence-corrected chi connectivity index (χ4v) is 2.87. The van der Waals surface area contributed by atoms with Gasteiger partial charge >= 0.3 is 0 Å². The number of nitrogens with one attached hydrogen (secondary N) is 1. The Labute approximate surface area is 94.5 Å². The minimum atomic E-state index is 0.269. The molecule has 0 aromatic rings. The first-order valence-corrected chi connectivity index (χ1v) is 6.45. The Morgan fingerprint density at radius 1 is 1.33 bits per heavy atom. The summed E-state index contributed by atoms with van der Waals surface area (Å²) in [7, 11) is 0. The lowest BCUT2D eigenvalue weighted by Gasteiger charge is -2.36. The molecule has 0 aliphatic heterocycles. The van der Waals surface area contributed by atoms with Crippen molar-refractivity contribution < 1.29 is 5.11 Å². The average molecular weight is 213 g/mol. The van der Waals surface area contributed by atoms with E-state index in [4.69, 9.17) is 5.11 Å². The third-order valence-electron chi connectivity index (χ3n) is 3.79. The van der Waals surface area contributed by atoms with E-state index in [1.165, 1.54) is 25.7 Å². The summed E-state index contributed by atoms with van der Waals surface area (Å²) in [6.45, 7) is 7.21. The molecule has 1 aliphatic rings. The van der Waals surface area contributed by atoms with Gasteiger partial charge in [-0.1, -0.05) is 12.8 Å². The zero-order valence-electron chi connectivity index (χ0n) is 10.6. The second kappa shape index (κ2) is 5.86. The predicted octanol–water partition coefficient (Wildman–Crippen LogP) is 2.71. The first kappa shape index (κ1) is 13.0. The molecule has 0 saturated heterocycles. The van der Waals surface area contributed by atoms with Crippen molar-refractivity contribution in [3.63, 3.8) is 0 Å². The van der Waals surface area contributed by atoms with Crippen molar-refractivity contribution >= 4 is 0 Å². The van der Waals surface area contributed by atoms with Gasteiger partial charge in [0.1, 0.15) is 0 Å². The highest BCUT2D eigenvalue weighted by atomic mass is 16.2. The van der Waals surface area contributed by atoms with Crippen LogP contribution in [0.3, 0.4) is 0 Å². The molecule has 0 heterocycles. The molecule has 2 nitrogen and oxygen atoms in total. The number of aliphatic hydroxyl groups excluding tert-OH is 1. The van der Waals surface area contributed by atoms with Crippen molar-refractivity contribution in [3.05, 3.63) is 0 Å². The molecule has 1 aliphatic carbocycles. The van der Waals surface area contributed by atoms with Gasteiger partial charge in [0.15, 0.2) is 0 Å². The fourth-order valence-electron chi connectivity index (χ4n) is 2.87. The van der Waals surface area contributed by atoms with Gasteiger partial charge in [0, 0.05) is 18.2 Å². The lowest BCUT2D eigenvalue weighted by molar-refractivity contribution is 0.217. The molecular weight excluding hydrogens is 186 g/mol. The molecule has 1 saturated carbocycles. The minimum Gasteiger partial charge on any atom is -0.396 e. The Kier molecular flexibility index (Phi) is 5.07. The summed E-state index contributed by atoms with van der Waals surface area (Å²) in [5.41, 5.74) is 0.269. The quantitative estimate of drug-likeness (QED) is 0.711. The number of hydrogen-bond donors (Lipinski definition) is 2. The molecule has 0 amide bonds. The van der Waals surface area contributed by atoms with Gasteiger partial charge < -0.3 is 10.4 Å². The maximum absolute atomic E-state index is 8.80. The van der Waals surface area contributed by atoms with Crippen LogP contribution >= 0.6 is 0 Å². The van der Waals surface area contributed by atoms with E-state index in [1.54, 1.807) is 0 Å². The van der Waals surface area contributed by atoms with E-state index in [1.807, 2.05) is 0 Å². The van der Waals surface area contributed by atoms with Gasteiger partial charge in [-0.2, -0.15) is 0 Å². The van der Waals surface area contributed by atoms with Crippen LogP contribution in [0.15, 0.2) is 0 Å². The average Bonchev–Trinajstić information content (AvgIpc) is 2.67. The third-order valence-corrected chi connectivity index (χ3v) is 3.79. The molecule has 0 radical (unpaired) electrons. The number of aliphatic hydroxyl groups is 1. The van der Waals surface area contributed by atoms with Crippen molar-refractivity contribution in [1.82, 2.24) is 5.32 Å². The van der Waals surface area contributed by atoms with E-state index in [0.29, 0.717) is 12.6 Å². The topological polar surface area (TPSA) is 32.3 Å².